The Kier molecular flexibility index (Phi) is 7.80. The van der Waals surface area contributed by atoms with Crippen molar-refractivity contribution in [3.63, 3.8) is 0 Å². The first-order valence-electron chi connectivity index (χ1n) is 13.1. The Balaban J connectivity index is 1.24. The number of fused-ring (bicyclic) bond motifs is 1. The molecule has 1 amide bonds. The molecule has 4 heterocycles. The number of amides is 1. The van der Waals surface area contributed by atoms with Crippen LogP contribution < -0.4 is 20.4 Å². The Hall–Kier alpha value is -3.24. The molecule has 2 aromatic heterocycles. The SMILES string of the molecule is CC(C)(C)OC(=O)NCC1CCN(c2nc(Nc3ccc(N4CCOCC4)c(Cl)c3)nc3ccoc23)CC1. The molecule has 11 heteroatoms. The van der Waals surface area contributed by atoms with Crippen molar-refractivity contribution >= 4 is 51.9 Å². The number of nitrogens with zero attached hydrogens (tertiary/aromatic N) is 4. The smallest absolute Gasteiger partial charge is 0.407 e. The van der Waals surface area contributed by atoms with E-state index in [1.54, 1.807) is 6.26 Å². The van der Waals surface area contributed by atoms with Gasteiger partial charge >= 0.3 is 6.09 Å². The van der Waals surface area contributed by atoms with Crippen LogP contribution in [0.5, 0.6) is 0 Å². The molecule has 0 aliphatic carbocycles. The third kappa shape index (κ3) is 6.42. The summed E-state index contributed by atoms with van der Waals surface area (Å²) in [6.45, 7) is 10.8. The molecule has 2 saturated heterocycles. The second kappa shape index (κ2) is 11.2. The van der Waals surface area contributed by atoms with Crippen molar-refractivity contribution in [2.24, 2.45) is 5.92 Å². The summed E-state index contributed by atoms with van der Waals surface area (Å²) in [5.74, 6) is 1.62. The maximum absolute atomic E-state index is 12.0. The number of aromatic nitrogens is 2. The van der Waals surface area contributed by atoms with Gasteiger partial charge in [0, 0.05) is 44.5 Å². The molecule has 1 aromatic carbocycles. The van der Waals surface area contributed by atoms with Gasteiger partial charge in [-0.1, -0.05) is 11.6 Å². The van der Waals surface area contributed by atoms with Crippen LogP contribution in [0.2, 0.25) is 5.02 Å². The molecule has 0 spiro atoms. The summed E-state index contributed by atoms with van der Waals surface area (Å²) < 4.78 is 16.6. The molecule has 0 atom stereocenters. The third-order valence-corrected chi connectivity index (χ3v) is 6.99. The normalized spacial score (nSPS) is 17.1. The summed E-state index contributed by atoms with van der Waals surface area (Å²) in [7, 11) is 0. The highest BCUT2D eigenvalue weighted by Gasteiger charge is 2.25. The van der Waals surface area contributed by atoms with Crippen molar-refractivity contribution in [3.8, 4) is 0 Å². The van der Waals surface area contributed by atoms with Gasteiger partial charge in [-0.2, -0.15) is 4.98 Å². The van der Waals surface area contributed by atoms with E-state index in [0.29, 0.717) is 42.2 Å². The van der Waals surface area contributed by atoms with Crippen molar-refractivity contribution in [2.45, 2.75) is 39.2 Å². The van der Waals surface area contributed by atoms with Gasteiger partial charge in [0.15, 0.2) is 11.4 Å². The van der Waals surface area contributed by atoms with Crippen LogP contribution in [0.4, 0.5) is 27.9 Å². The monoisotopic (exact) mass is 542 g/mol. The van der Waals surface area contributed by atoms with Crippen LogP contribution in [0.15, 0.2) is 34.9 Å². The minimum atomic E-state index is -0.503. The highest BCUT2D eigenvalue weighted by Crippen LogP contribution is 2.33. The van der Waals surface area contributed by atoms with E-state index in [2.05, 4.69) is 25.4 Å². The largest absolute Gasteiger partial charge is 0.459 e. The number of carbonyl (C=O) groups is 1. The van der Waals surface area contributed by atoms with Gasteiger partial charge < -0.3 is 34.3 Å². The van der Waals surface area contributed by atoms with Crippen LogP contribution in [-0.2, 0) is 9.47 Å². The molecule has 2 fully saturated rings. The Morgan fingerprint density at radius 3 is 2.58 bits per heavy atom. The van der Waals surface area contributed by atoms with Crippen LogP contribution in [0.25, 0.3) is 11.1 Å². The number of ether oxygens (including phenoxy) is 2. The Bertz CT molecular complexity index is 1260. The molecule has 2 N–H and O–H groups in total. The Morgan fingerprint density at radius 1 is 1.11 bits per heavy atom. The summed E-state index contributed by atoms with van der Waals surface area (Å²) in [6, 6.07) is 7.75. The van der Waals surface area contributed by atoms with Crippen LogP contribution in [0.1, 0.15) is 33.6 Å². The van der Waals surface area contributed by atoms with E-state index in [4.69, 9.17) is 30.5 Å². The molecule has 3 aromatic rings. The number of benzene rings is 1. The van der Waals surface area contributed by atoms with E-state index in [-0.39, 0.29) is 6.09 Å². The highest BCUT2D eigenvalue weighted by atomic mass is 35.5. The number of hydrogen-bond acceptors (Lipinski definition) is 9. The summed E-state index contributed by atoms with van der Waals surface area (Å²) >= 11 is 6.63. The summed E-state index contributed by atoms with van der Waals surface area (Å²) in [5.41, 5.74) is 2.71. The lowest BCUT2D eigenvalue weighted by Gasteiger charge is -2.33. The number of alkyl carbamates (subject to hydrolysis) is 1. The lowest BCUT2D eigenvalue weighted by atomic mass is 9.97. The molecular weight excluding hydrogens is 508 g/mol. The standard InChI is InChI=1S/C27H35ClN6O4/c1-27(2,3)38-26(35)29-17-18-6-9-34(10-7-18)24-23-21(8-13-37-23)31-25(32-24)30-19-4-5-22(20(28)16-19)33-11-14-36-15-12-33/h4-5,8,13,16,18H,6-7,9-12,14-15,17H2,1-3H3,(H,29,35)(H,30,31,32). The molecule has 204 valence electrons. The zero-order chi connectivity index (χ0) is 26.7. The number of morpholine rings is 1. The number of rotatable bonds is 6. The molecule has 2 aliphatic heterocycles. The van der Waals surface area contributed by atoms with Crippen LogP contribution in [0, 0.1) is 5.92 Å². The first-order valence-corrected chi connectivity index (χ1v) is 13.5. The maximum Gasteiger partial charge on any atom is 0.407 e. The minimum absolute atomic E-state index is 0.373. The molecule has 38 heavy (non-hydrogen) atoms. The molecule has 0 unspecified atom stereocenters. The van der Waals surface area contributed by atoms with E-state index >= 15 is 0 Å². The molecule has 0 bridgehead atoms. The molecule has 5 rings (SSSR count). The summed E-state index contributed by atoms with van der Waals surface area (Å²) in [4.78, 5) is 25.9. The van der Waals surface area contributed by atoms with Gasteiger partial charge in [-0.25, -0.2) is 9.78 Å². The van der Waals surface area contributed by atoms with Crippen molar-refractivity contribution in [3.05, 3.63) is 35.6 Å². The first-order chi connectivity index (χ1) is 18.2. The topological polar surface area (TPSA) is 105 Å². The van der Waals surface area contributed by atoms with Gasteiger partial charge in [0.05, 0.1) is 30.2 Å². The van der Waals surface area contributed by atoms with E-state index in [9.17, 15) is 4.79 Å². The van der Waals surface area contributed by atoms with Crippen molar-refractivity contribution < 1.29 is 18.7 Å². The first kappa shape index (κ1) is 26.4. The van der Waals surface area contributed by atoms with Gasteiger partial charge in [0.1, 0.15) is 11.1 Å². The van der Waals surface area contributed by atoms with E-state index in [0.717, 1.165) is 61.7 Å². The van der Waals surface area contributed by atoms with Crippen molar-refractivity contribution in [2.75, 3.05) is 61.1 Å². The Labute approximate surface area is 227 Å². The van der Waals surface area contributed by atoms with Gasteiger partial charge in [-0.3, -0.25) is 0 Å². The number of furan rings is 1. The predicted molar refractivity (Wildman–Crippen MR) is 149 cm³/mol. The number of hydrogen-bond donors (Lipinski definition) is 2. The second-order valence-electron chi connectivity index (χ2n) is 10.7. The number of carbonyl (C=O) groups excluding carboxylic acids is 1. The van der Waals surface area contributed by atoms with E-state index in [1.807, 2.05) is 45.0 Å². The predicted octanol–water partition coefficient (Wildman–Crippen LogP) is 5.20. The number of piperidine rings is 1. The maximum atomic E-state index is 12.0. The molecule has 0 saturated carbocycles. The van der Waals surface area contributed by atoms with Crippen LogP contribution in [0.3, 0.4) is 0 Å². The average Bonchev–Trinajstić information content (AvgIpc) is 3.36. The number of halogens is 1. The molecule has 10 nitrogen and oxygen atoms in total. The average molecular weight is 543 g/mol. The van der Waals surface area contributed by atoms with Crippen LogP contribution in [-0.4, -0.2) is 67.6 Å². The molecule has 0 radical (unpaired) electrons. The van der Waals surface area contributed by atoms with Gasteiger partial charge in [0.25, 0.3) is 0 Å². The summed E-state index contributed by atoms with van der Waals surface area (Å²) in [6.07, 6.45) is 3.10. The molecular formula is C27H35ClN6O4. The second-order valence-corrected chi connectivity index (χ2v) is 11.1. The van der Waals surface area contributed by atoms with E-state index in [1.165, 1.54) is 0 Å². The fraction of sp³-hybridized carbons (Fsp3) is 0.519. The van der Waals surface area contributed by atoms with Gasteiger partial charge in [-0.05, 0) is 57.7 Å². The number of nitrogens with one attached hydrogen (secondary N) is 2. The van der Waals surface area contributed by atoms with Crippen molar-refractivity contribution in [1.82, 2.24) is 15.3 Å². The zero-order valence-electron chi connectivity index (χ0n) is 22.1. The van der Waals surface area contributed by atoms with Gasteiger partial charge in [-0.15, -0.1) is 0 Å². The lowest BCUT2D eigenvalue weighted by molar-refractivity contribution is 0.0516. The quantitative estimate of drug-likeness (QED) is 0.435. The Morgan fingerprint density at radius 2 is 1.87 bits per heavy atom. The van der Waals surface area contributed by atoms with Crippen LogP contribution >= 0.6 is 11.6 Å². The van der Waals surface area contributed by atoms with Crippen molar-refractivity contribution in [1.29, 1.82) is 0 Å². The highest BCUT2D eigenvalue weighted by molar-refractivity contribution is 6.33. The third-order valence-electron chi connectivity index (χ3n) is 6.69. The molecule has 2 aliphatic rings. The summed E-state index contributed by atoms with van der Waals surface area (Å²) in [5, 5.41) is 6.89. The van der Waals surface area contributed by atoms with E-state index < -0.39 is 5.60 Å². The number of anilines is 4. The zero-order valence-corrected chi connectivity index (χ0v) is 22.9. The lowest BCUT2D eigenvalue weighted by Crippen LogP contribution is -2.40. The fourth-order valence-corrected chi connectivity index (χ4v) is 5.08. The fourth-order valence-electron chi connectivity index (χ4n) is 4.78. The van der Waals surface area contributed by atoms with Gasteiger partial charge in [0.2, 0.25) is 5.95 Å². The minimum Gasteiger partial charge on any atom is -0.459 e.